The van der Waals surface area contributed by atoms with Gasteiger partial charge in [0, 0.05) is 11.8 Å². The van der Waals surface area contributed by atoms with E-state index in [1.807, 2.05) is 6.07 Å². The standard InChI is InChI=1S/C12H12IN5O4/c13-21-2-6-9(19)10(20)12(3-14,22-6)5-1-16-8-7(5)17-4-18-11(8)15/h1,4,6,9-10,16,19-20H,2H2,(H2,15,17,18)/t6-,9-,10-,12+/m1/s1. The molecule has 0 unspecified atom stereocenters. The number of aliphatic hydroxyl groups is 2. The Balaban J connectivity index is 2.14. The van der Waals surface area contributed by atoms with E-state index in [1.165, 1.54) is 12.5 Å². The second kappa shape index (κ2) is 5.60. The molecule has 1 aliphatic heterocycles. The maximum absolute atomic E-state index is 10.4. The van der Waals surface area contributed by atoms with Crippen molar-refractivity contribution in [3.05, 3.63) is 18.1 Å². The average Bonchev–Trinajstić information content (AvgIpc) is 3.05. The maximum Gasteiger partial charge on any atom is 0.212 e. The number of aromatic nitrogens is 3. The van der Waals surface area contributed by atoms with Gasteiger partial charge in [0.25, 0.3) is 0 Å². The molecule has 116 valence electrons. The number of fused-ring (bicyclic) bond motifs is 1. The fraction of sp³-hybridized carbons (Fsp3) is 0.417. The monoisotopic (exact) mass is 417 g/mol. The van der Waals surface area contributed by atoms with Gasteiger partial charge in [-0.15, -0.1) is 0 Å². The van der Waals surface area contributed by atoms with E-state index in [1.54, 1.807) is 23.0 Å². The molecule has 0 spiro atoms. The van der Waals surface area contributed by atoms with E-state index in [2.05, 4.69) is 15.0 Å². The van der Waals surface area contributed by atoms with Gasteiger partial charge in [-0.2, -0.15) is 5.26 Å². The highest BCUT2D eigenvalue weighted by molar-refractivity contribution is 14.1. The van der Waals surface area contributed by atoms with Gasteiger partial charge in [0.05, 0.1) is 6.61 Å². The van der Waals surface area contributed by atoms with Crippen LogP contribution < -0.4 is 5.73 Å². The Morgan fingerprint density at radius 3 is 3.00 bits per heavy atom. The number of rotatable bonds is 3. The second-order valence-electron chi connectivity index (χ2n) is 4.90. The predicted octanol–water partition coefficient (Wildman–Crippen LogP) is -0.254. The molecule has 0 bridgehead atoms. The third kappa shape index (κ3) is 2.05. The van der Waals surface area contributed by atoms with Crippen molar-refractivity contribution < 1.29 is 18.0 Å². The zero-order valence-corrected chi connectivity index (χ0v) is 13.3. The van der Waals surface area contributed by atoms with Crippen LogP contribution >= 0.6 is 23.0 Å². The molecule has 22 heavy (non-hydrogen) atoms. The summed E-state index contributed by atoms with van der Waals surface area (Å²) >= 11 is 1.65. The summed E-state index contributed by atoms with van der Waals surface area (Å²) in [6, 6.07) is 1.95. The first kappa shape index (κ1) is 15.4. The van der Waals surface area contributed by atoms with Gasteiger partial charge >= 0.3 is 0 Å². The van der Waals surface area contributed by atoms with Gasteiger partial charge < -0.3 is 28.7 Å². The van der Waals surface area contributed by atoms with Crippen LogP contribution in [0.4, 0.5) is 5.82 Å². The minimum atomic E-state index is -1.77. The summed E-state index contributed by atoms with van der Waals surface area (Å²) in [5.41, 5.74) is 5.07. The Kier molecular flexibility index (Phi) is 3.91. The van der Waals surface area contributed by atoms with Crippen molar-refractivity contribution >= 4 is 39.9 Å². The van der Waals surface area contributed by atoms with Gasteiger partial charge in [-0.1, -0.05) is 0 Å². The third-order valence-electron chi connectivity index (χ3n) is 3.74. The number of hydrogen-bond acceptors (Lipinski definition) is 8. The van der Waals surface area contributed by atoms with Crippen molar-refractivity contribution in [3.63, 3.8) is 0 Å². The first-order valence-electron chi connectivity index (χ1n) is 6.32. The molecule has 0 radical (unpaired) electrons. The molecule has 5 N–H and O–H groups in total. The lowest BCUT2D eigenvalue weighted by Gasteiger charge is -2.23. The summed E-state index contributed by atoms with van der Waals surface area (Å²) in [5.74, 6) is 0.213. The largest absolute Gasteiger partial charge is 0.387 e. The molecule has 0 saturated carbocycles. The van der Waals surface area contributed by atoms with E-state index in [0.29, 0.717) is 16.6 Å². The Morgan fingerprint density at radius 1 is 1.55 bits per heavy atom. The number of halogens is 1. The molecule has 4 atom stereocenters. The van der Waals surface area contributed by atoms with Gasteiger partial charge in [-0.05, 0) is 0 Å². The van der Waals surface area contributed by atoms with Crippen molar-refractivity contribution in [2.24, 2.45) is 0 Å². The Bertz CT molecular complexity index is 747. The molecule has 3 rings (SSSR count). The molecule has 1 saturated heterocycles. The van der Waals surface area contributed by atoms with Gasteiger partial charge in [0.2, 0.25) is 5.60 Å². The first-order chi connectivity index (χ1) is 10.5. The molecule has 0 amide bonds. The van der Waals surface area contributed by atoms with Crippen LogP contribution in [-0.4, -0.2) is 50.1 Å². The number of aliphatic hydroxyl groups excluding tert-OH is 2. The van der Waals surface area contributed by atoms with Crippen molar-refractivity contribution in [2.45, 2.75) is 23.9 Å². The van der Waals surface area contributed by atoms with Crippen LogP contribution in [-0.2, 0) is 13.4 Å². The zero-order valence-electron chi connectivity index (χ0n) is 11.1. The number of H-pyrrole nitrogens is 1. The van der Waals surface area contributed by atoms with Crippen LogP contribution in [0.25, 0.3) is 11.0 Å². The van der Waals surface area contributed by atoms with E-state index in [4.69, 9.17) is 13.5 Å². The molecule has 0 aliphatic carbocycles. The number of nitrogens with one attached hydrogen (secondary N) is 1. The number of hydrogen-bond donors (Lipinski definition) is 4. The van der Waals surface area contributed by atoms with E-state index in [-0.39, 0.29) is 12.4 Å². The summed E-state index contributed by atoms with van der Waals surface area (Å²) in [6.45, 7) is 0.0295. The highest BCUT2D eigenvalue weighted by Gasteiger charge is 2.57. The normalized spacial score (nSPS) is 31.5. The number of nitrogens with zero attached hydrogens (tertiary/aromatic N) is 3. The molecule has 2 aromatic rings. The minimum Gasteiger partial charge on any atom is -0.387 e. The summed E-state index contributed by atoms with van der Waals surface area (Å²) in [4.78, 5) is 10.8. The SMILES string of the molecule is N#C[C@@]1(c2c[nH]c3c(N)ncnc23)O[C@H](COI)[C@@H](O)[C@H]1O. The van der Waals surface area contributed by atoms with Crippen LogP contribution in [0.2, 0.25) is 0 Å². The van der Waals surface area contributed by atoms with Crippen LogP contribution in [0.5, 0.6) is 0 Å². The van der Waals surface area contributed by atoms with Crippen molar-refractivity contribution in [3.8, 4) is 6.07 Å². The van der Waals surface area contributed by atoms with Gasteiger partial charge in [-0.25, -0.2) is 9.97 Å². The fourth-order valence-electron chi connectivity index (χ4n) is 2.63. The van der Waals surface area contributed by atoms with Gasteiger partial charge in [0.1, 0.15) is 64.7 Å². The molecular weight excluding hydrogens is 405 g/mol. The molecule has 2 aromatic heterocycles. The van der Waals surface area contributed by atoms with Crippen molar-refractivity contribution in [2.75, 3.05) is 12.3 Å². The summed E-state index contributed by atoms with van der Waals surface area (Å²) in [7, 11) is 0. The highest BCUT2D eigenvalue weighted by atomic mass is 127. The Labute approximate surface area is 138 Å². The number of ether oxygens (including phenoxy) is 1. The number of anilines is 1. The molecule has 3 heterocycles. The average molecular weight is 417 g/mol. The lowest BCUT2D eigenvalue weighted by Crippen LogP contribution is -2.39. The molecule has 0 aromatic carbocycles. The Morgan fingerprint density at radius 2 is 2.32 bits per heavy atom. The molecule has 1 fully saturated rings. The molecular formula is C12H12IN5O4. The second-order valence-corrected chi connectivity index (χ2v) is 5.52. The van der Waals surface area contributed by atoms with Crippen molar-refractivity contribution in [1.82, 2.24) is 15.0 Å². The van der Waals surface area contributed by atoms with E-state index in [9.17, 15) is 15.5 Å². The minimum absolute atomic E-state index is 0.0295. The van der Waals surface area contributed by atoms with E-state index in [0.717, 1.165) is 0 Å². The molecule has 9 nitrogen and oxygen atoms in total. The van der Waals surface area contributed by atoms with Gasteiger partial charge in [-0.3, -0.25) is 0 Å². The number of nitrogen functional groups attached to an aromatic ring is 1. The molecule has 10 heteroatoms. The predicted molar refractivity (Wildman–Crippen MR) is 82.5 cm³/mol. The smallest absolute Gasteiger partial charge is 0.212 e. The first-order valence-corrected chi connectivity index (χ1v) is 7.20. The van der Waals surface area contributed by atoms with E-state index >= 15 is 0 Å². The summed E-state index contributed by atoms with van der Waals surface area (Å²) in [5, 5.41) is 30.1. The lowest BCUT2D eigenvalue weighted by atomic mass is 9.89. The quantitative estimate of drug-likeness (QED) is 0.500. The maximum atomic E-state index is 10.4. The zero-order chi connectivity index (χ0) is 15.9. The highest BCUT2D eigenvalue weighted by Crippen LogP contribution is 2.42. The summed E-state index contributed by atoms with van der Waals surface area (Å²) in [6.07, 6.45) is -0.829. The van der Waals surface area contributed by atoms with E-state index < -0.39 is 23.9 Å². The number of aromatic amines is 1. The Hall–Kier alpha value is -1.52. The number of nitriles is 1. The van der Waals surface area contributed by atoms with Crippen LogP contribution in [0.1, 0.15) is 5.56 Å². The third-order valence-corrected chi connectivity index (χ3v) is 4.10. The van der Waals surface area contributed by atoms with Crippen LogP contribution in [0.3, 0.4) is 0 Å². The lowest BCUT2D eigenvalue weighted by molar-refractivity contribution is -0.0534. The number of nitrogens with two attached hydrogens (primary N) is 1. The fourth-order valence-corrected chi connectivity index (χ4v) is 2.99. The van der Waals surface area contributed by atoms with Crippen LogP contribution in [0, 0.1) is 11.3 Å². The summed E-state index contributed by atoms with van der Waals surface area (Å²) < 4.78 is 10.6. The van der Waals surface area contributed by atoms with Crippen LogP contribution in [0.15, 0.2) is 12.5 Å². The van der Waals surface area contributed by atoms with Crippen molar-refractivity contribution in [1.29, 1.82) is 5.26 Å². The topological polar surface area (TPSA) is 150 Å². The van der Waals surface area contributed by atoms with Gasteiger partial charge in [0.15, 0.2) is 5.82 Å². The molecule has 1 aliphatic rings.